The van der Waals surface area contributed by atoms with Gasteiger partial charge in [0.1, 0.15) is 12.1 Å². The molecule has 0 aliphatic carbocycles. The maximum absolute atomic E-state index is 12.0. The first kappa shape index (κ1) is 21.1. The molecule has 3 atom stereocenters. The number of carboxylic acid groups (broad SMARTS) is 1. The van der Waals surface area contributed by atoms with Gasteiger partial charge in [-0.1, -0.05) is 0 Å². The lowest BCUT2D eigenvalue weighted by Gasteiger charge is -2.20. The van der Waals surface area contributed by atoms with E-state index in [1.165, 1.54) is 19.4 Å². The van der Waals surface area contributed by atoms with E-state index < -0.39 is 48.4 Å². The molecule has 0 spiro atoms. The number of carbonyl (C=O) groups is 4. The van der Waals surface area contributed by atoms with Crippen LogP contribution in [0.5, 0.6) is 0 Å². The van der Waals surface area contributed by atoms with Crippen molar-refractivity contribution >= 4 is 23.7 Å². The third-order valence-electron chi connectivity index (χ3n) is 3.30. The number of aliphatic carboxylic acids is 1. The number of aliphatic hydroxyl groups excluding tert-OH is 1. The number of hydrogen-bond donors (Lipinski definition) is 7. The van der Waals surface area contributed by atoms with Crippen molar-refractivity contribution in [3.05, 3.63) is 18.2 Å². The van der Waals surface area contributed by atoms with Gasteiger partial charge in [0, 0.05) is 18.3 Å². The van der Waals surface area contributed by atoms with Gasteiger partial charge in [0.2, 0.25) is 17.7 Å². The number of carbonyl (C=O) groups excluding carboxylic acids is 3. The molecule has 0 saturated carbocycles. The molecule has 0 fully saturated rings. The molecule has 1 rings (SSSR count). The first-order chi connectivity index (χ1) is 12.2. The van der Waals surface area contributed by atoms with Crippen molar-refractivity contribution in [1.29, 1.82) is 0 Å². The van der Waals surface area contributed by atoms with Gasteiger partial charge in [-0.15, -0.1) is 0 Å². The second kappa shape index (κ2) is 10.1. The summed E-state index contributed by atoms with van der Waals surface area (Å²) >= 11 is 0. The fourth-order valence-electron chi connectivity index (χ4n) is 1.98. The molecule has 26 heavy (non-hydrogen) atoms. The Balaban J connectivity index is 2.55. The van der Waals surface area contributed by atoms with Crippen molar-refractivity contribution in [2.24, 2.45) is 5.73 Å². The molecule has 144 valence electrons. The lowest BCUT2D eigenvalue weighted by molar-refractivity contribution is -0.141. The summed E-state index contributed by atoms with van der Waals surface area (Å²) in [5, 5.41) is 25.4. The number of nitrogens with zero attached hydrogens (tertiary/aromatic N) is 1. The third kappa shape index (κ3) is 6.86. The molecule has 1 heterocycles. The van der Waals surface area contributed by atoms with Gasteiger partial charge in [-0.05, 0) is 6.92 Å². The Morgan fingerprint density at radius 2 is 1.96 bits per heavy atom. The van der Waals surface area contributed by atoms with Crippen LogP contribution >= 0.6 is 0 Å². The van der Waals surface area contributed by atoms with E-state index in [9.17, 15) is 24.3 Å². The Kier molecular flexibility index (Phi) is 8.18. The number of rotatable bonds is 10. The van der Waals surface area contributed by atoms with Crippen LogP contribution in [0.1, 0.15) is 12.6 Å². The first-order valence-electron chi connectivity index (χ1n) is 7.69. The summed E-state index contributed by atoms with van der Waals surface area (Å²) in [7, 11) is 0. The molecular formula is C14H22N6O6. The number of aromatic nitrogens is 2. The smallest absolute Gasteiger partial charge is 0.326 e. The predicted octanol–water partition coefficient (Wildman–Crippen LogP) is -3.54. The fourth-order valence-corrected chi connectivity index (χ4v) is 1.98. The van der Waals surface area contributed by atoms with Crippen LogP contribution in [0, 0.1) is 0 Å². The Hall–Kier alpha value is -2.99. The molecule has 8 N–H and O–H groups in total. The summed E-state index contributed by atoms with van der Waals surface area (Å²) in [6.07, 6.45) is 1.57. The number of aromatic amines is 1. The Morgan fingerprint density at radius 3 is 2.46 bits per heavy atom. The van der Waals surface area contributed by atoms with E-state index in [0.29, 0.717) is 5.69 Å². The van der Waals surface area contributed by atoms with Crippen molar-refractivity contribution in [2.75, 3.05) is 13.1 Å². The molecule has 0 saturated heterocycles. The minimum absolute atomic E-state index is 0.0160. The minimum atomic E-state index is -1.29. The van der Waals surface area contributed by atoms with Crippen molar-refractivity contribution in [3.8, 4) is 0 Å². The van der Waals surface area contributed by atoms with Crippen molar-refractivity contribution in [2.45, 2.75) is 31.5 Å². The SMILES string of the molecule is CC(O)C(NC(=O)CN)C(=O)NCC(=O)NC(Cc1cnc[nH]1)C(=O)O. The molecule has 1 aromatic heterocycles. The second-order valence-electron chi connectivity index (χ2n) is 5.45. The maximum atomic E-state index is 12.0. The molecule has 0 aliphatic heterocycles. The van der Waals surface area contributed by atoms with E-state index in [0.717, 1.165) is 0 Å². The van der Waals surface area contributed by atoms with E-state index in [1.807, 2.05) is 0 Å². The van der Waals surface area contributed by atoms with E-state index in [2.05, 4.69) is 25.9 Å². The maximum Gasteiger partial charge on any atom is 0.326 e. The Bertz CT molecular complexity index is 632. The molecule has 0 aliphatic rings. The summed E-state index contributed by atoms with van der Waals surface area (Å²) < 4.78 is 0. The molecule has 3 amide bonds. The molecule has 0 aromatic carbocycles. The van der Waals surface area contributed by atoms with Gasteiger partial charge in [-0.3, -0.25) is 14.4 Å². The Morgan fingerprint density at radius 1 is 1.27 bits per heavy atom. The number of nitrogens with one attached hydrogen (secondary N) is 4. The highest BCUT2D eigenvalue weighted by Gasteiger charge is 2.26. The number of aliphatic hydroxyl groups is 1. The van der Waals surface area contributed by atoms with Crippen molar-refractivity contribution in [3.63, 3.8) is 0 Å². The quantitative estimate of drug-likeness (QED) is 0.219. The summed E-state index contributed by atoms with van der Waals surface area (Å²) in [6, 6.07) is -2.51. The van der Waals surface area contributed by atoms with Crippen LogP contribution in [0.4, 0.5) is 0 Å². The zero-order chi connectivity index (χ0) is 19.7. The van der Waals surface area contributed by atoms with Gasteiger partial charge in [0.25, 0.3) is 0 Å². The molecule has 3 unspecified atom stereocenters. The zero-order valence-corrected chi connectivity index (χ0v) is 14.1. The van der Waals surface area contributed by atoms with Gasteiger partial charge >= 0.3 is 5.97 Å². The van der Waals surface area contributed by atoms with Crippen LogP contribution < -0.4 is 21.7 Å². The van der Waals surface area contributed by atoms with Gasteiger partial charge < -0.3 is 36.9 Å². The van der Waals surface area contributed by atoms with Crippen LogP contribution in [-0.4, -0.2) is 75.1 Å². The van der Waals surface area contributed by atoms with E-state index in [1.54, 1.807) is 0 Å². The summed E-state index contributed by atoms with van der Waals surface area (Å²) in [5.74, 6) is -3.46. The molecule has 0 radical (unpaired) electrons. The zero-order valence-electron chi connectivity index (χ0n) is 14.1. The van der Waals surface area contributed by atoms with Crippen LogP contribution in [0.15, 0.2) is 12.5 Å². The van der Waals surface area contributed by atoms with E-state index in [-0.39, 0.29) is 13.0 Å². The van der Waals surface area contributed by atoms with Gasteiger partial charge in [-0.2, -0.15) is 0 Å². The number of imidazole rings is 1. The highest BCUT2D eigenvalue weighted by Crippen LogP contribution is 1.99. The largest absolute Gasteiger partial charge is 0.480 e. The molecule has 12 heteroatoms. The van der Waals surface area contributed by atoms with Gasteiger partial charge in [0.15, 0.2) is 0 Å². The van der Waals surface area contributed by atoms with E-state index in [4.69, 9.17) is 10.8 Å². The molecular weight excluding hydrogens is 348 g/mol. The predicted molar refractivity (Wildman–Crippen MR) is 87.5 cm³/mol. The first-order valence-corrected chi connectivity index (χ1v) is 7.69. The molecule has 1 aromatic rings. The van der Waals surface area contributed by atoms with Gasteiger partial charge in [0.05, 0.1) is 25.5 Å². The fraction of sp³-hybridized carbons (Fsp3) is 0.500. The summed E-state index contributed by atoms with van der Waals surface area (Å²) in [6.45, 7) is 0.379. The lowest BCUT2D eigenvalue weighted by atomic mass is 10.1. The monoisotopic (exact) mass is 370 g/mol. The molecule has 12 nitrogen and oxygen atoms in total. The highest BCUT2D eigenvalue weighted by molar-refractivity contribution is 5.92. The minimum Gasteiger partial charge on any atom is -0.480 e. The number of carboxylic acids is 1. The standard InChI is InChI=1S/C14H22N6O6/c1-7(21)12(20-10(22)3-15)13(24)17-5-11(23)19-9(14(25)26)2-8-4-16-6-18-8/h4,6-7,9,12,21H,2-3,5,15H2,1H3,(H,16,18)(H,17,24)(H,19,23)(H,20,22)(H,25,26). The summed E-state index contributed by atoms with van der Waals surface area (Å²) in [5.41, 5.74) is 5.64. The average Bonchev–Trinajstić information content (AvgIpc) is 3.09. The number of nitrogens with two attached hydrogens (primary N) is 1. The third-order valence-corrected chi connectivity index (χ3v) is 3.30. The lowest BCUT2D eigenvalue weighted by Crippen LogP contribution is -2.55. The average molecular weight is 370 g/mol. The number of hydrogen-bond acceptors (Lipinski definition) is 7. The molecule has 0 bridgehead atoms. The second-order valence-corrected chi connectivity index (χ2v) is 5.45. The van der Waals surface area contributed by atoms with Crippen LogP contribution in [0.2, 0.25) is 0 Å². The number of amides is 3. The van der Waals surface area contributed by atoms with Crippen LogP contribution in [0.25, 0.3) is 0 Å². The Labute approximate surface area is 148 Å². The number of H-pyrrole nitrogens is 1. The van der Waals surface area contributed by atoms with Crippen molar-refractivity contribution in [1.82, 2.24) is 25.9 Å². The topological polar surface area (TPSA) is 200 Å². The van der Waals surface area contributed by atoms with Crippen LogP contribution in [0.3, 0.4) is 0 Å². The highest BCUT2D eigenvalue weighted by atomic mass is 16.4. The van der Waals surface area contributed by atoms with E-state index >= 15 is 0 Å². The van der Waals surface area contributed by atoms with Crippen molar-refractivity contribution < 1.29 is 29.4 Å². The van der Waals surface area contributed by atoms with Crippen LogP contribution in [-0.2, 0) is 25.6 Å². The van der Waals surface area contributed by atoms with Gasteiger partial charge in [-0.25, -0.2) is 9.78 Å². The normalized spacial score (nSPS) is 14.0. The summed E-state index contributed by atoms with van der Waals surface area (Å²) in [4.78, 5) is 52.8.